The minimum atomic E-state index is -3.91. The molecule has 1 saturated heterocycles. The van der Waals surface area contributed by atoms with Crippen molar-refractivity contribution in [1.29, 1.82) is 0 Å². The molecule has 2 aromatic heterocycles. The summed E-state index contributed by atoms with van der Waals surface area (Å²) < 4.78 is 59.5. The Morgan fingerprint density at radius 3 is 1.45 bits per heavy atom. The Balaban J connectivity index is 1.78. The number of carbonyl (C=O) groups excluding carboxylic acids is 5. The number of thioether (sulfide) groups is 4. The molecule has 1 amide bonds. The highest BCUT2D eigenvalue weighted by Crippen LogP contribution is 2.50. The van der Waals surface area contributed by atoms with Crippen LogP contribution in [0.2, 0.25) is 0 Å². The fraction of sp³-hybridized carbons (Fsp3) is 0.762. The van der Waals surface area contributed by atoms with E-state index in [1.807, 2.05) is 0 Å². The van der Waals surface area contributed by atoms with Gasteiger partial charge in [-0.05, 0) is 0 Å². The van der Waals surface area contributed by atoms with E-state index in [4.69, 9.17) is 22.8 Å². The molecule has 0 aliphatic carbocycles. The van der Waals surface area contributed by atoms with Crippen molar-refractivity contribution in [3.8, 4) is 0 Å². The maximum atomic E-state index is 14.2. The molecule has 0 unspecified atom stereocenters. The summed E-state index contributed by atoms with van der Waals surface area (Å²) in [5.74, 6) is 0.498. The quantitative estimate of drug-likeness (QED) is 0.0776. The third-order valence-electron chi connectivity index (χ3n) is 9.48. The lowest BCUT2D eigenvalue weighted by molar-refractivity contribution is -0.130. The molecular weight excluding hydrogens is 973 g/mol. The van der Waals surface area contributed by atoms with Crippen LogP contribution in [0.25, 0.3) is 11.2 Å². The maximum absolute atomic E-state index is 14.2. The first-order valence-corrected chi connectivity index (χ1v) is 29.1. The summed E-state index contributed by atoms with van der Waals surface area (Å²) in [6, 6.07) is -0.622. The van der Waals surface area contributed by atoms with Crippen molar-refractivity contribution in [2.45, 2.75) is 102 Å². The Morgan fingerprint density at radius 1 is 0.636 bits per heavy atom. The second-order valence-corrected chi connectivity index (χ2v) is 28.3. The number of rotatable bonds is 24. The fourth-order valence-corrected chi connectivity index (χ4v) is 12.2. The van der Waals surface area contributed by atoms with Crippen LogP contribution in [0.15, 0.2) is 17.4 Å². The Hall–Kier alpha value is -1.84. The van der Waals surface area contributed by atoms with E-state index in [0.29, 0.717) is 0 Å². The molecule has 2 atom stereocenters. The Morgan fingerprint density at radius 2 is 1.05 bits per heavy atom. The van der Waals surface area contributed by atoms with Gasteiger partial charge in [-0.15, -0.1) is 0 Å². The first-order chi connectivity index (χ1) is 30.5. The number of aromatic amines is 1. The first-order valence-electron chi connectivity index (χ1n) is 21.7. The summed E-state index contributed by atoms with van der Waals surface area (Å²) in [5, 5.41) is -0.220. The van der Waals surface area contributed by atoms with Crippen molar-refractivity contribution in [2.75, 3.05) is 81.5 Å². The zero-order valence-corrected chi connectivity index (χ0v) is 45.4. The van der Waals surface area contributed by atoms with E-state index in [1.165, 1.54) is 17.6 Å². The lowest BCUT2D eigenvalue weighted by Gasteiger charge is -2.23. The van der Waals surface area contributed by atoms with Gasteiger partial charge in [-0.1, -0.05) is 130 Å². The third kappa shape index (κ3) is 19.2. The van der Waals surface area contributed by atoms with Crippen LogP contribution < -0.4 is 5.56 Å². The molecule has 374 valence electrons. The van der Waals surface area contributed by atoms with Gasteiger partial charge in [0.2, 0.25) is 5.91 Å². The van der Waals surface area contributed by atoms with Gasteiger partial charge in [0.15, 0.2) is 31.6 Å². The number of carbonyl (C=O) groups is 5. The van der Waals surface area contributed by atoms with Gasteiger partial charge in [0.05, 0.1) is 70.2 Å². The van der Waals surface area contributed by atoms with Gasteiger partial charge in [0.25, 0.3) is 5.56 Å². The van der Waals surface area contributed by atoms with Crippen molar-refractivity contribution in [1.82, 2.24) is 24.4 Å². The molecule has 1 aliphatic heterocycles. The monoisotopic (exact) mass is 1040 g/mol. The zero-order chi connectivity index (χ0) is 49.7. The molecular formula is C42H69N5O13P2S4. The standard InChI is InChI=1S/C42H69N5O13P2S4/c1-39(2,3)35(50)63-21-15-57-61(54,58-16-22-64-36(51)40(4,5)6)19-13-31(48)46-25-29(47-28-45-32-33(47)43-27-44-34(32)49)30(26-46)56-14-20-62(55,59-17-23-65-37(52)41(7,8)9)60-18-24-66-38(53)42(10,11)12/h27-30H,13-26H2,1-12H3,(H,43,44,49)/t29-,30+/m1/s1. The number of nitrogens with one attached hydrogen (secondary N) is 1. The van der Waals surface area contributed by atoms with E-state index in [-0.39, 0.29) is 120 Å². The van der Waals surface area contributed by atoms with Crippen LogP contribution in [0.4, 0.5) is 0 Å². The summed E-state index contributed by atoms with van der Waals surface area (Å²) in [4.78, 5) is 89.2. The number of likely N-dealkylation sites (tertiary alicyclic amines) is 1. The highest BCUT2D eigenvalue weighted by molar-refractivity contribution is 8.14. The molecule has 18 nitrogen and oxygen atoms in total. The van der Waals surface area contributed by atoms with Crippen molar-refractivity contribution >= 4 is 99.8 Å². The third-order valence-corrected chi connectivity index (χ3v) is 18.3. The summed E-state index contributed by atoms with van der Waals surface area (Å²) in [5.41, 5.74) is -2.44. The fourth-order valence-electron chi connectivity index (χ4n) is 5.65. The van der Waals surface area contributed by atoms with E-state index < -0.39 is 60.5 Å². The van der Waals surface area contributed by atoms with Crippen LogP contribution in [-0.2, 0) is 55.9 Å². The highest BCUT2D eigenvalue weighted by atomic mass is 32.2. The molecule has 1 aliphatic rings. The molecule has 3 heterocycles. The number of amides is 1. The molecule has 2 aromatic rings. The van der Waals surface area contributed by atoms with Crippen molar-refractivity contribution in [3.05, 3.63) is 23.0 Å². The second-order valence-electron chi connectivity index (χ2n) is 19.6. The summed E-state index contributed by atoms with van der Waals surface area (Å²) >= 11 is 4.24. The smallest absolute Gasteiger partial charge is 0.333 e. The number of fused-ring (bicyclic) bond motifs is 1. The van der Waals surface area contributed by atoms with E-state index in [1.54, 1.807) is 87.7 Å². The lowest BCUT2D eigenvalue weighted by atomic mass is 9.99. The normalized spacial score (nSPS) is 16.6. The molecule has 0 aromatic carbocycles. The minimum absolute atomic E-state index is 0.0403. The highest BCUT2D eigenvalue weighted by Gasteiger charge is 2.40. The molecule has 24 heteroatoms. The largest absolute Gasteiger partial charge is 0.373 e. The van der Waals surface area contributed by atoms with E-state index in [0.717, 1.165) is 47.0 Å². The average molecular weight is 1040 g/mol. The zero-order valence-electron chi connectivity index (χ0n) is 40.3. The first kappa shape index (κ1) is 58.5. The molecule has 0 bridgehead atoms. The maximum Gasteiger partial charge on any atom is 0.333 e. The van der Waals surface area contributed by atoms with Crippen LogP contribution >= 0.6 is 62.2 Å². The van der Waals surface area contributed by atoms with Gasteiger partial charge in [0, 0.05) is 64.2 Å². The molecule has 3 rings (SSSR count). The Bertz CT molecular complexity index is 2070. The Labute approximate surface area is 405 Å². The number of hydrogen-bond acceptors (Lipinski definition) is 19. The molecule has 0 saturated carbocycles. The minimum Gasteiger partial charge on any atom is -0.373 e. The molecule has 0 spiro atoms. The van der Waals surface area contributed by atoms with Crippen molar-refractivity contribution in [2.24, 2.45) is 21.7 Å². The molecule has 1 fully saturated rings. The predicted octanol–water partition coefficient (Wildman–Crippen LogP) is 7.95. The predicted molar refractivity (Wildman–Crippen MR) is 265 cm³/mol. The number of aromatic nitrogens is 4. The van der Waals surface area contributed by atoms with E-state index in [9.17, 15) is 37.9 Å². The van der Waals surface area contributed by atoms with Gasteiger partial charge < -0.3 is 37.3 Å². The average Bonchev–Trinajstić information content (AvgIpc) is 3.84. The lowest BCUT2D eigenvalue weighted by Crippen LogP contribution is -2.31. The second kappa shape index (κ2) is 25.3. The number of nitrogens with zero attached hydrogens (tertiary/aromatic N) is 4. The number of ether oxygens (including phenoxy) is 1. The van der Waals surface area contributed by atoms with Gasteiger partial charge in [-0.3, -0.25) is 37.9 Å². The molecule has 0 radical (unpaired) electrons. The summed E-state index contributed by atoms with van der Waals surface area (Å²) in [6.07, 6.45) is 1.22. The van der Waals surface area contributed by atoms with E-state index in [2.05, 4.69) is 15.0 Å². The number of hydrogen-bond donors (Lipinski definition) is 1. The number of H-pyrrole nitrogens is 1. The molecule has 66 heavy (non-hydrogen) atoms. The van der Waals surface area contributed by atoms with Crippen LogP contribution in [0.5, 0.6) is 0 Å². The SMILES string of the molecule is CC(C)(C)C(=O)SCCOP(=O)(CCO[C@H]1CN(C(=O)CCP(=O)(OCCSC(=O)C(C)(C)C)OCCSC(=O)C(C)(C)C)C[C@H]1n1cnc2c(=O)[nH]cnc21)OCCSC(=O)C(C)(C)C. The number of imidazole rings is 1. The van der Waals surface area contributed by atoms with Crippen LogP contribution in [0, 0.1) is 21.7 Å². The van der Waals surface area contributed by atoms with Gasteiger partial charge in [0.1, 0.15) is 0 Å². The molecule has 1 N–H and O–H groups in total. The Kier molecular flexibility index (Phi) is 22.4. The van der Waals surface area contributed by atoms with Crippen LogP contribution in [-0.4, -0.2) is 138 Å². The van der Waals surface area contributed by atoms with Gasteiger partial charge in [-0.2, -0.15) is 0 Å². The van der Waals surface area contributed by atoms with Crippen molar-refractivity contribution in [3.63, 3.8) is 0 Å². The topological polar surface area (TPSA) is 232 Å². The van der Waals surface area contributed by atoms with Crippen molar-refractivity contribution < 1.29 is 55.9 Å². The summed E-state index contributed by atoms with van der Waals surface area (Å²) in [7, 11) is -7.76. The van der Waals surface area contributed by atoms with Crippen LogP contribution in [0.1, 0.15) is 95.5 Å². The van der Waals surface area contributed by atoms with Crippen LogP contribution in [0.3, 0.4) is 0 Å². The summed E-state index contributed by atoms with van der Waals surface area (Å²) in [6.45, 7) is 21.3. The van der Waals surface area contributed by atoms with Gasteiger partial charge >= 0.3 is 15.2 Å². The van der Waals surface area contributed by atoms with Gasteiger partial charge in [-0.25, -0.2) is 9.97 Å². The van der Waals surface area contributed by atoms with E-state index >= 15 is 0 Å².